The van der Waals surface area contributed by atoms with E-state index in [9.17, 15) is 8.78 Å². The average molecular weight is 241 g/mol. The SMILES string of the molecule is Fc1cnc(I)cc1F. The second kappa shape index (κ2) is 2.55. The highest BCUT2D eigenvalue weighted by Gasteiger charge is 1.99. The minimum Gasteiger partial charge on any atom is -0.247 e. The van der Waals surface area contributed by atoms with Gasteiger partial charge in [-0.1, -0.05) is 0 Å². The van der Waals surface area contributed by atoms with Crippen LogP contribution >= 0.6 is 22.6 Å². The molecule has 1 aromatic heterocycles. The number of halogens is 3. The minimum absolute atomic E-state index is 0.450. The van der Waals surface area contributed by atoms with Gasteiger partial charge in [-0.05, 0) is 22.6 Å². The first kappa shape index (κ1) is 6.85. The molecule has 0 amide bonds. The van der Waals surface area contributed by atoms with Gasteiger partial charge in [-0.2, -0.15) is 0 Å². The van der Waals surface area contributed by atoms with E-state index >= 15 is 0 Å². The Labute approximate surface area is 64.2 Å². The van der Waals surface area contributed by atoms with Crippen molar-refractivity contribution in [3.63, 3.8) is 0 Å². The van der Waals surface area contributed by atoms with Crippen LogP contribution in [0, 0.1) is 15.3 Å². The zero-order valence-corrected chi connectivity index (χ0v) is 6.39. The Morgan fingerprint density at radius 2 is 2.00 bits per heavy atom. The number of pyridine rings is 1. The van der Waals surface area contributed by atoms with Crippen LogP contribution in [0.4, 0.5) is 8.78 Å². The fourth-order valence-electron chi connectivity index (χ4n) is 0.391. The van der Waals surface area contributed by atoms with E-state index in [1.54, 1.807) is 22.6 Å². The monoisotopic (exact) mass is 241 g/mol. The number of aromatic nitrogens is 1. The van der Waals surface area contributed by atoms with Gasteiger partial charge in [0.25, 0.3) is 0 Å². The van der Waals surface area contributed by atoms with Gasteiger partial charge in [0.05, 0.1) is 6.20 Å². The molecule has 1 heterocycles. The van der Waals surface area contributed by atoms with Crippen molar-refractivity contribution in [3.8, 4) is 0 Å². The lowest BCUT2D eigenvalue weighted by Gasteiger charge is -1.89. The van der Waals surface area contributed by atoms with Gasteiger partial charge in [-0.15, -0.1) is 0 Å². The maximum Gasteiger partial charge on any atom is 0.177 e. The highest BCUT2D eigenvalue weighted by molar-refractivity contribution is 14.1. The van der Waals surface area contributed by atoms with Crippen LogP contribution in [-0.2, 0) is 0 Å². The van der Waals surface area contributed by atoms with Crippen LogP contribution in [0.25, 0.3) is 0 Å². The van der Waals surface area contributed by atoms with Crippen LogP contribution in [-0.4, -0.2) is 4.98 Å². The van der Waals surface area contributed by atoms with Crippen molar-refractivity contribution in [1.82, 2.24) is 4.98 Å². The van der Waals surface area contributed by atoms with Gasteiger partial charge in [-0.25, -0.2) is 13.8 Å². The van der Waals surface area contributed by atoms with E-state index in [1.807, 2.05) is 0 Å². The van der Waals surface area contributed by atoms with Crippen molar-refractivity contribution in [2.24, 2.45) is 0 Å². The fourth-order valence-corrected chi connectivity index (χ4v) is 0.803. The summed E-state index contributed by atoms with van der Waals surface area (Å²) in [6, 6.07) is 1.04. The zero-order chi connectivity index (χ0) is 6.85. The predicted octanol–water partition coefficient (Wildman–Crippen LogP) is 1.96. The van der Waals surface area contributed by atoms with Gasteiger partial charge >= 0.3 is 0 Å². The smallest absolute Gasteiger partial charge is 0.177 e. The number of hydrogen-bond donors (Lipinski definition) is 0. The third kappa shape index (κ3) is 1.57. The lowest BCUT2D eigenvalue weighted by molar-refractivity contribution is 0.502. The minimum atomic E-state index is -0.907. The molecule has 0 fully saturated rings. The first-order chi connectivity index (χ1) is 4.20. The van der Waals surface area contributed by atoms with Crippen LogP contribution in [0.5, 0.6) is 0 Å². The molecule has 0 aliphatic rings. The Hall–Kier alpha value is -0.260. The van der Waals surface area contributed by atoms with E-state index in [0.717, 1.165) is 12.3 Å². The Bertz CT molecular complexity index is 226. The molecule has 9 heavy (non-hydrogen) atoms. The van der Waals surface area contributed by atoms with E-state index in [2.05, 4.69) is 4.98 Å². The third-order valence-corrected chi connectivity index (χ3v) is 1.37. The van der Waals surface area contributed by atoms with Crippen LogP contribution in [0.3, 0.4) is 0 Å². The molecule has 1 aromatic rings. The summed E-state index contributed by atoms with van der Waals surface area (Å²) in [4.78, 5) is 3.51. The van der Waals surface area contributed by atoms with Crippen molar-refractivity contribution in [3.05, 3.63) is 27.6 Å². The Morgan fingerprint density at radius 3 is 2.44 bits per heavy atom. The van der Waals surface area contributed by atoms with Crippen molar-refractivity contribution < 1.29 is 8.78 Å². The molecule has 4 heteroatoms. The topological polar surface area (TPSA) is 12.9 Å². The largest absolute Gasteiger partial charge is 0.247 e. The molecule has 0 bridgehead atoms. The van der Waals surface area contributed by atoms with E-state index in [0.29, 0.717) is 3.70 Å². The lowest BCUT2D eigenvalue weighted by atomic mass is 10.5. The predicted molar refractivity (Wildman–Crippen MR) is 36.9 cm³/mol. The van der Waals surface area contributed by atoms with Crippen molar-refractivity contribution in [2.45, 2.75) is 0 Å². The summed E-state index contributed by atoms with van der Waals surface area (Å²) >= 11 is 1.80. The van der Waals surface area contributed by atoms with Gasteiger partial charge < -0.3 is 0 Å². The van der Waals surface area contributed by atoms with Crippen molar-refractivity contribution in [1.29, 1.82) is 0 Å². The molecular weight excluding hydrogens is 239 g/mol. The van der Waals surface area contributed by atoms with Crippen LogP contribution < -0.4 is 0 Å². The summed E-state index contributed by atoms with van der Waals surface area (Å²) in [5.41, 5.74) is 0. The number of nitrogens with zero attached hydrogens (tertiary/aromatic N) is 1. The highest BCUT2D eigenvalue weighted by atomic mass is 127. The van der Waals surface area contributed by atoms with Crippen molar-refractivity contribution >= 4 is 22.6 Å². The molecule has 0 spiro atoms. The van der Waals surface area contributed by atoms with E-state index in [1.165, 1.54) is 0 Å². The summed E-state index contributed by atoms with van der Waals surface area (Å²) in [5, 5.41) is 0. The molecule has 0 unspecified atom stereocenters. The molecule has 0 aliphatic heterocycles. The lowest BCUT2D eigenvalue weighted by Crippen LogP contribution is -1.87. The van der Waals surface area contributed by atoms with Gasteiger partial charge in [0, 0.05) is 6.07 Å². The second-order valence-electron chi connectivity index (χ2n) is 1.42. The first-order valence-corrected chi connectivity index (χ1v) is 3.24. The van der Waals surface area contributed by atoms with E-state index < -0.39 is 11.6 Å². The zero-order valence-electron chi connectivity index (χ0n) is 4.24. The number of hydrogen-bond acceptors (Lipinski definition) is 1. The van der Waals surface area contributed by atoms with Gasteiger partial charge in [0.2, 0.25) is 0 Å². The number of rotatable bonds is 0. The first-order valence-electron chi connectivity index (χ1n) is 2.16. The average Bonchev–Trinajstić information content (AvgIpc) is 1.80. The van der Waals surface area contributed by atoms with Gasteiger partial charge in [0.1, 0.15) is 3.70 Å². The molecule has 1 rings (SSSR count). The summed E-state index contributed by atoms with van der Waals surface area (Å²) in [7, 11) is 0. The second-order valence-corrected chi connectivity index (χ2v) is 2.53. The molecule has 0 aromatic carbocycles. The van der Waals surface area contributed by atoms with E-state index in [-0.39, 0.29) is 0 Å². The maximum atomic E-state index is 12.2. The van der Waals surface area contributed by atoms with Gasteiger partial charge in [-0.3, -0.25) is 0 Å². The summed E-state index contributed by atoms with van der Waals surface area (Å²) < 4.78 is 24.7. The summed E-state index contributed by atoms with van der Waals surface area (Å²) in [6.45, 7) is 0. The Morgan fingerprint density at radius 1 is 1.33 bits per heavy atom. The molecule has 0 saturated carbocycles. The standard InChI is InChI=1S/C5H2F2IN/c6-3-1-5(8)9-2-4(3)7/h1-2H. The molecule has 0 atom stereocenters. The van der Waals surface area contributed by atoms with Gasteiger partial charge in [0.15, 0.2) is 11.6 Å². The van der Waals surface area contributed by atoms with E-state index in [4.69, 9.17) is 0 Å². The maximum absolute atomic E-state index is 12.2. The molecular formula is C5H2F2IN. The molecule has 0 radical (unpaired) electrons. The molecule has 1 nitrogen and oxygen atoms in total. The molecule has 0 N–H and O–H groups in total. The van der Waals surface area contributed by atoms with Crippen LogP contribution in [0.2, 0.25) is 0 Å². The third-order valence-electron chi connectivity index (χ3n) is 0.775. The van der Waals surface area contributed by atoms with Crippen molar-refractivity contribution in [2.75, 3.05) is 0 Å². The molecule has 0 saturated heterocycles. The summed E-state index contributed by atoms with van der Waals surface area (Å²) in [5.74, 6) is -1.76. The summed E-state index contributed by atoms with van der Waals surface area (Å²) in [6.07, 6.45) is 0.858. The van der Waals surface area contributed by atoms with Crippen LogP contribution in [0.15, 0.2) is 12.3 Å². The highest BCUT2D eigenvalue weighted by Crippen LogP contribution is 2.06. The Balaban J connectivity index is 3.17. The molecule has 0 aliphatic carbocycles. The van der Waals surface area contributed by atoms with Crippen LogP contribution in [0.1, 0.15) is 0 Å². The Kier molecular flexibility index (Phi) is 1.94. The quantitative estimate of drug-likeness (QED) is 0.499. The molecule has 48 valence electrons. The fraction of sp³-hybridized carbons (Fsp3) is 0. The normalized spacial score (nSPS) is 9.67.